The van der Waals surface area contributed by atoms with Crippen LogP contribution in [0, 0.1) is 6.92 Å². The molecular weight excluding hydrogens is 326 g/mol. The second-order valence-electron chi connectivity index (χ2n) is 6.50. The maximum absolute atomic E-state index is 4.78. The topological polar surface area (TPSA) is 79.7 Å². The van der Waals surface area contributed by atoms with Crippen molar-refractivity contribution in [1.82, 2.24) is 24.9 Å². The Morgan fingerprint density at radius 3 is 2.73 bits per heavy atom. The number of nitrogens with one attached hydrogen (secondary N) is 1. The van der Waals surface area contributed by atoms with Crippen LogP contribution in [0.2, 0.25) is 0 Å². The Hall–Kier alpha value is -3.09. The fraction of sp³-hybridized carbons (Fsp3) is 0.316. The van der Waals surface area contributed by atoms with E-state index in [2.05, 4.69) is 30.2 Å². The Labute approximate surface area is 152 Å². The first kappa shape index (κ1) is 16.4. The van der Waals surface area contributed by atoms with Gasteiger partial charge in [0.2, 0.25) is 0 Å². The highest BCUT2D eigenvalue weighted by Crippen LogP contribution is 2.28. The number of pyridine rings is 1. The van der Waals surface area contributed by atoms with E-state index in [0.717, 1.165) is 54.6 Å². The molecule has 0 spiro atoms. The van der Waals surface area contributed by atoms with Crippen LogP contribution in [0.15, 0.2) is 49.3 Å². The molecule has 1 saturated heterocycles. The van der Waals surface area contributed by atoms with Gasteiger partial charge in [-0.1, -0.05) is 6.07 Å². The predicted molar refractivity (Wildman–Crippen MR) is 101 cm³/mol. The molecular formula is C19H21N7. The highest BCUT2D eigenvalue weighted by molar-refractivity contribution is 5.51. The first-order valence-electron chi connectivity index (χ1n) is 8.80. The van der Waals surface area contributed by atoms with Gasteiger partial charge in [0.05, 0.1) is 30.0 Å². The van der Waals surface area contributed by atoms with Crippen molar-refractivity contribution in [2.24, 2.45) is 0 Å². The zero-order valence-electron chi connectivity index (χ0n) is 14.7. The van der Waals surface area contributed by atoms with E-state index in [1.807, 2.05) is 43.7 Å². The summed E-state index contributed by atoms with van der Waals surface area (Å²) in [5.74, 6) is 1.84. The smallest absolute Gasteiger partial charge is 0.150 e. The molecule has 132 valence electrons. The normalized spacial score (nSPS) is 17.1. The largest absolute Gasteiger partial charge is 0.368 e. The maximum atomic E-state index is 4.78. The predicted octanol–water partition coefficient (Wildman–Crippen LogP) is 3.10. The van der Waals surface area contributed by atoms with Crippen molar-refractivity contribution in [3.05, 3.63) is 60.7 Å². The van der Waals surface area contributed by atoms with Crippen molar-refractivity contribution < 1.29 is 0 Å². The molecule has 1 N–H and O–H groups in total. The molecule has 1 fully saturated rings. The standard InChI is InChI=1S/C19H21N7/c1-14-4-2-6-18(23-14)25-19-11-20-10-17(24-19)15-5-3-7-26(12-15)16-8-21-13-22-9-16/h2,4,6,8-11,13,15H,3,5,7,12H2,1H3,(H,23,24,25)/t15-/m0/s1. The van der Waals surface area contributed by atoms with Gasteiger partial charge in [0.15, 0.2) is 0 Å². The van der Waals surface area contributed by atoms with Gasteiger partial charge in [-0.2, -0.15) is 0 Å². The van der Waals surface area contributed by atoms with E-state index in [0.29, 0.717) is 5.92 Å². The van der Waals surface area contributed by atoms with Gasteiger partial charge in [-0.05, 0) is 31.9 Å². The summed E-state index contributed by atoms with van der Waals surface area (Å²) in [6, 6.07) is 5.87. The second-order valence-corrected chi connectivity index (χ2v) is 6.50. The molecule has 4 rings (SSSR count). The van der Waals surface area contributed by atoms with E-state index >= 15 is 0 Å². The quantitative estimate of drug-likeness (QED) is 0.777. The molecule has 1 atom stereocenters. The lowest BCUT2D eigenvalue weighted by molar-refractivity contribution is 0.500. The minimum absolute atomic E-state index is 0.337. The summed E-state index contributed by atoms with van der Waals surface area (Å²) in [6.07, 6.45) is 11.1. The van der Waals surface area contributed by atoms with E-state index in [-0.39, 0.29) is 0 Å². The number of anilines is 3. The molecule has 0 saturated carbocycles. The molecule has 1 aliphatic rings. The number of aromatic nitrogens is 5. The average Bonchev–Trinajstić information content (AvgIpc) is 2.69. The molecule has 3 aromatic rings. The Morgan fingerprint density at radius 2 is 1.88 bits per heavy atom. The van der Waals surface area contributed by atoms with Gasteiger partial charge in [0.1, 0.15) is 18.0 Å². The first-order chi connectivity index (χ1) is 12.8. The second kappa shape index (κ2) is 7.43. The summed E-state index contributed by atoms with van der Waals surface area (Å²) in [5.41, 5.74) is 3.03. The molecule has 0 aliphatic carbocycles. The third kappa shape index (κ3) is 3.77. The van der Waals surface area contributed by atoms with Crippen molar-refractivity contribution in [2.45, 2.75) is 25.7 Å². The molecule has 0 aromatic carbocycles. The zero-order valence-corrected chi connectivity index (χ0v) is 14.7. The molecule has 7 nitrogen and oxygen atoms in total. The summed E-state index contributed by atoms with van der Waals surface area (Å²) in [5, 5.41) is 3.25. The fourth-order valence-corrected chi connectivity index (χ4v) is 3.29. The summed E-state index contributed by atoms with van der Waals surface area (Å²) < 4.78 is 0. The number of hydrogen-bond donors (Lipinski definition) is 1. The van der Waals surface area contributed by atoms with Crippen LogP contribution in [-0.2, 0) is 0 Å². The van der Waals surface area contributed by atoms with Gasteiger partial charge >= 0.3 is 0 Å². The number of rotatable bonds is 4. The van der Waals surface area contributed by atoms with Crippen LogP contribution in [-0.4, -0.2) is 38.0 Å². The van der Waals surface area contributed by atoms with E-state index < -0.39 is 0 Å². The first-order valence-corrected chi connectivity index (χ1v) is 8.80. The summed E-state index contributed by atoms with van der Waals surface area (Å²) in [4.78, 5) is 24.2. The van der Waals surface area contributed by atoms with Crippen LogP contribution in [0.4, 0.5) is 17.3 Å². The van der Waals surface area contributed by atoms with Gasteiger partial charge in [0, 0.05) is 30.9 Å². The minimum Gasteiger partial charge on any atom is -0.368 e. The van der Waals surface area contributed by atoms with Gasteiger partial charge in [-0.25, -0.2) is 19.9 Å². The van der Waals surface area contributed by atoms with Gasteiger partial charge in [-0.15, -0.1) is 0 Å². The van der Waals surface area contributed by atoms with Crippen molar-refractivity contribution in [3.8, 4) is 0 Å². The van der Waals surface area contributed by atoms with Crippen LogP contribution in [0.1, 0.15) is 30.1 Å². The monoisotopic (exact) mass is 347 g/mol. The zero-order chi connectivity index (χ0) is 17.8. The number of nitrogens with zero attached hydrogens (tertiary/aromatic N) is 6. The molecule has 0 bridgehead atoms. The van der Waals surface area contributed by atoms with Gasteiger partial charge < -0.3 is 10.2 Å². The van der Waals surface area contributed by atoms with Gasteiger partial charge in [0.25, 0.3) is 0 Å². The molecule has 26 heavy (non-hydrogen) atoms. The highest BCUT2D eigenvalue weighted by Gasteiger charge is 2.23. The van der Waals surface area contributed by atoms with Crippen LogP contribution in [0.5, 0.6) is 0 Å². The van der Waals surface area contributed by atoms with Crippen LogP contribution in [0.25, 0.3) is 0 Å². The van der Waals surface area contributed by atoms with Crippen molar-refractivity contribution >= 4 is 17.3 Å². The Bertz CT molecular complexity index is 869. The Kier molecular flexibility index (Phi) is 4.68. The van der Waals surface area contributed by atoms with E-state index in [1.165, 1.54) is 0 Å². The number of hydrogen-bond acceptors (Lipinski definition) is 7. The highest BCUT2D eigenvalue weighted by atomic mass is 15.2. The SMILES string of the molecule is Cc1cccc(Nc2cncc([C@H]3CCCN(c4cncnc4)C3)n2)n1. The van der Waals surface area contributed by atoms with E-state index in [9.17, 15) is 0 Å². The number of piperidine rings is 1. The Morgan fingerprint density at radius 1 is 1.00 bits per heavy atom. The molecule has 0 radical (unpaired) electrons. The molecule has 1 aliphatic heterocycles. The third-order valence-electron chi connectivity index (χ3n) is 4.55. The molecule has 7 heteroatoms. The summed E-state index contributed by atoms with van der Waals surface area (Å²) >= 11 is 0. The lowest BCUT2D eigenvalue weighted by atomic mass is 9.95. The summed E-state index contributed by atoms with van der Waals surface area (Å²) in [7, 11) is 0. The maximum Gasteiger partial charge on any atom is 0.150 e. The molecule has 3 aromatic heterocycles. The van der Waals surface area contributed by atoms with Crippen molar-refractivity contribution in [3.63, 3.8) is 0 Å². The minimum atomic E-state index is 0.337. The third-order valence-corrected chi connectivity index (χ3v) is 4.55. The molecule has 4 heterocycles. The van der Waals surface area contributed by atoms with Crippen LogP contribution in [0.3, 0.4) is 0 Å². The number of aryl methyl sites for hydroxylation is 1. The van der Waals surface area contributed by atoms with E-state index in [4.69, 9.17) is 4.98 Å². The van der Waals surface area contributed by atoms with Crippen LogP contribution < -0.4 is 10.2 Å². The lowest BCUT2D eigenvalue weighted by Gasteiger charge is -2.33. The van der Waals surface area contributed by atoms with Crippen molar-refractivity contribution in [1.29, 1.82) is 0 Å². The van der Waals surface area contributed by atoms with Gasteiger partial charge in [-0.3, -0.25) is 4.98 Å². The molecule has 0 amide bonds. The van der Waals surface area contributed by atoms with Crippen molar-refractivity contribution in [2.75, 3.05) is 23.3 Å². The lowest BCUT2D eigenvalue weighted by Crippen LogP contribution is -2.34. The van der Waals surface area contributed by atoms with Crippen LogP contribution >= 0.6 is 0 Å². The van der Waals surface area contributed by atoms with E-state index in [1.54, 1.807) is 12.5 Å². The molecule has 0 unspecified atom stereocenters. The fourth-order valence-electron chi connectivity index (χ4n) is 3.29. The average molecular weight is 347 g/mol. The summed E-state index contributed by atoms with van der Waals surface area (Å²) in [6.45, 7) is 3.88. The Balaban J connectivity index is 1.50.